The van der Waals surface area contributed by atoms with Crippen LogP contribution < -0.4 is 10.6 Å². The van der Waals surface area contributed by atoms with Crippen molar-refractivity contribution in [2.24, 2.45) is 0 Å². The van der Waals surface area contributed by atoms with E-state index in [1.807, 2.05) is 36.4 Å². The lowest BCUT2D eigenvalue weighted by molar-refractivity contribution is -0.136. The number of hydrogen-bond donors (Lipinski definition) is 2. The molecule has 146 valence electrons. The van der Waals surface area contributed by atoms with Gasteiger partial charge in [-0.15, -0.1) is 0 Å². The van der Waals surface area contributed by atoms with Gasteiger partial charge in [-0.25, -0.2) is 0 Å². The number of benzene rings is 2. The average Bonchev–Trinajstić information content (AvgIpc) is 3.52. The Balaban J connectivity index is 1.69. The van der Waals surface area contributed by atoms with Gasteiger partial charge in [0, 0.05) is 25.1 Å². The Morgan fingerprint density at radius 2 is 1.61 bits per heavy atom. The fraction of sp³-hybridized carbons (Fsp3) is 0.318. The third kappa shape index (κ3) is 5.67. The minimum absolute atomic E-state index is 0.0260. The van der Waals surface area contributed by atoms with Crippen molar-refractivity contribution in [1.29, 1.82) is 0 Å². The Labute approximate surface area is 164 Å². The maximum absolute atomic E-state index is 13.0. The molecule has 2 N–H and O–H groups in total. The van der Waals surface area contributed by atoms with Gasteiger partial charge >= 0.3 is 0 Å². The summed E-state index contributed by atoms with van der Waals surface area (Å²) in [5.41, 5.74) is 1.42. The number of nitrogens with zero attached hydrogens (tertiary/aromatic N) is 1. The highest BCUT2D eigenvalue weighted by Gasteiger charge is 2.28. The summed E-state index contributed by atoms with van der Waals surface area (Å²) in [6.07, 6.45) is 2.34. The Hall–Kier alpha value is -3.15. The highest BCUT2D eigenvalue weighted by atomic mass is 16.2. The zero-order valence-corrected chi connectivity index (χ0v) is 15.9. The molecular weight excluding hydrogens is 354 g/mol. The van der Waals surface area contributed by atoms with E-state index in [4.69, 9.17) is 0 Å². The predicted octanol–water partition coefficient (Wildman–Crippen LogP) is 1.76. The minimum Gasteiger partial charge on any atom is -0.352 e. The second-order valence-electron chi connectivity index (χ2n) is 7.12. The van der Waals surface area contributed by atoms with Crippen molar-refractivity contribution >= 4 is 17.7 Å². The maximum Gasteiger partial charge on any atom is 0.251 e. The highest BCUT2D eigenvalue weighted by Crippen LogP contribution is 2.18. The molecule has 1 atom stereocenters. The first-order chi connectivity index (χ1) is 13.5. The van der Waals surface area contributed by atoms with E-state index in [1.54, 1.807) is 31.3 Å². The van der Waals surface area contributed by atoms with Gasteiger partial charge in [-0.05, 0) is 30.5 Å². The van der Waals surface area contributed by atoms with Gasteiger partial charge in [0.25, 0.3) is 5.91 Å². The summed E-state index contributed by atoms with van der Waals surface area (Å²) >= 11 is 0. The molecule has 1 fully saturated rings. The number of carbonyl (C=O) groups excluding carboxylic acids is 3. The van der Waals surface area contributed by atoms with E-state index in [0.717, 1.165) is 18.4 Å². The summed E-state index contributed by atoms with van der Waals surface area (Å²) < 4.78 is 0. The molecular formula is C22H25N3O3. The third-order valence-electron chi connectivity index (χ3n) is 4.62. The predicted molar refractivity (Wildman–Crippen MR) is 107 cm³/mol. The van der Waals surface area contributed by atoms with Gasteiger partial charge in [0.2, 0.25) is 11.8 Å². The Bertz CT molecular complexity index is 819. The minimum atomic E-state index is -0.756. The SMILES string of the molecule is CN(CC(=O)NC1CC1)C(=O)C(Cc1ccccc1)NC(=O)c1ccccc1. The lowest BCUT2D eigenvalue weighted by Gasteiger charge is -2.24. The van der Waals surface area contributed by atoms with E-state index >= 15 is 0 Å². The van der Waals surface area contributed by atoms with Crippen LogP contribution in [0, 0.1) is 0 Å². The van der Waals surface area contributed by atoms with Crippen molar-refractivity contribution in [3.8, 4) is 0 Å². The molecule has 6 heteroatoms. The number of rotatable bonds is 8. The van der Waals surface area contributed by atoms with Crippen LogP contribution in [-0.2, 0) is 16.0 Å². The normalized spacial score (nSPS) is 14.0. The second-order valence-corrected chi connectivity index (χ2v) is 7.12. The fourth-order valence-electron chi connectivity index (χ4n) is 2.94. The molecule has 2 aromatic carbocycles. The van der Waals surface area contributed by atoms with Gasteiger partial charge in [-0.1, -0.05) is 48.5 Å². The van der Waals surface area contributed by atoms with Crippen LogP contribution in [0.2, 0.25) is 0 Å². The number of hydrogen-bond acceptors (Lipinski definition) is 3. The van der Waals surface area contributed by atoms with E-state index in [0.29, 0.717) is 12.0 Å². The van der Waals surface area contributed by atoms with Crippen LogP contribution in [0.5, 0.6) is 0 Å². The Morgan fingerprint density at radius 3 is 2.21 bits per heavy atom. The maximum atomic E-state index is 13.0. The first-order valence-corrected chi connectivity index (χ1v) is 9.47. The monoisotopic (exact) mass is 379 g/mol. The number of amides is 3. The van der Waals surface area contributed by atoms with Crippen LogP contribution >= 0.6 is 0 Å². The van der Waals surface area contributed by atoms with Crippen LogP contribution in [-0.4, -0.2) is 48.3 Å². The number of carbonyl (C=O) groups is 3. The van der Waals surface area contributed by atoms with Crippen molar-refractivity contribution < 1.29 is 14.4 Å². The van der Waals surface area contributed by atoms with Crippen molar-refractivity contribution in [1.82, 2.24) is 15.5 Å². The zero-order valence-electron chi connectivity index (χ0n) is 15.9. The summed E-state index contributed by atoms with van der Waals surface area (Å²) in [4.78, 5) is 39.0. The summed E-state index contributed by atoms with van der Waals surface area (Å²) in [5.74, 6) is -0.781. The molecule has 0 saturated heterocycles. The molecule has 0 aliphatic heterocycles. The van der Waals surface area contributed by atoms with Crippen molar-refractivity contribution in [3.63, 3.8) is 0 Å². The second kappa shape index (κ2) is 9.17. The molecule has 1 unspecified atom stereocenters. The van der Waals surface area contributed by atoms with E-state index < -0.39 is 6.04 Å². The molecule has 0 radical (unpaired) electrons. The molecule has 0 bridgehead atoms. The van der Waals surface area contributed by atoms with Crippen molar-refractivity contribution in [3.05, 3.63) is 71.8 Å². The third-order valence-corrected chi connectivity index (χ3v) is 4.62. The van der Waals surface area contributed by atoms with Crippen LogP contribution in [0.3, 0.4) is 0 Å². The van der Waals surface area contributed by atoms with Gasteiger partial charge < -0.3 is 15.5 Å². The summed E-state index contributed by atoms with van der Waals surface area (Å²) in [6.45, 7) is -0.0260. The molecule has 3 rings (SSSR count). The van der Waals surface area contributed by atoms with E-state index in [2.05, 4.69) is 10.6 Å². The first-order valence-electron chi connectivity index (χ1n) is 9.47. The molecule has 2 aromatic rings. The lowest BCUT2D eigenvalue weighted by Crippen LogP contribution is -2.50. The summed E-state index contributed by atoms with van der Waals surface area (Å²) in [7, 11) is 1.58. The fourth-order valence-corrected chi connectivity index (χ4v) is 2.94. The first kappa shape index (κ1) is 19.6. The standard InChI is InChI=1S/C22H25N3O3/c1-25(15-20(26)23-18-12-13-18)22(28)19(14-16-8-4-2-5-9-16)24-21(27)17-10-6-3-7-11-17/h2-11,18-19H,12-15H2,1H3,(H,23,26)(H,24,27). The highest BCUT2D eigenvalue weighted by molar-refractivity contribution is 5.98. The lowest BCUT2D eigenvalue weighted by atomic mass is 10.0. The largest absolute Gasteiger partial charge is 0.352 e. The quantitative estimate of drug-likeness (QED) is 0.734. The van der Waals surface area contributed by atoms with Crippen LogP contribution in [0.15, 0.2) is 60.7 Å². The Morgan fingerprint density at radius 1 is 1.00 bits per heavy atom. The molecule has 1 aliphatic rings. The van der Waals surface area contributed by atoms with Crippen molar-refractivity contribution in [2.45, 2.75) is 31.3 Å². The number of likely N-dealkylation sites (N-methyl/N-ethyl adjacent to an activating group) is 1. The molecule has 1 aliphatic carbocycles. The van der Waals surface area contributed by atoms with Gasteiger partial charge in [0.05, 0.1) is 6.54 Å². The molecule has 6 nitrogen and oxygen atoms in total. The molecule has 28 heavy (non-hydrogen) atoms. The smallest absolute Gasteiger partial charge is 0.251 e. The molecule has 0 spiro atoms. The number of nitrogens with one attached hydrogen (secondary N) is 2. The van der Waals surface area contributed by atoms with Crippen molar-refractivity contribution in [2.75, 3.05) is 13.6 Å². The summed E-state index contributed by atoms with van der Waals surface area (Å²) in [5, 5.41) is 5.70. The van der Waals surface area contributed by atoms with Gasteiger partial charge in [0.1, 0.15) is 6.04 Å². The molecule has 3 amide bonds. The molecule has 0 heterocycles. The van der Waals surface area contributed by atoms with Gasteiger partial charge in [-0.2, -0.15) is 0 Å². The van der Waals surface area contributed by atoms with Crippen LogP contribution in [0.4, 0.5) is 0 Å². The molecule has 1 saturated carbocycles. The van der Waals surface area contributed by atoms with E-state index in [9.17, 15) is 14.4 Å². The topological polar surface area (TPSA) is 78.5 Å². The van der Waals surface area contributed by atoms with E-state index in [1.165, 1.54) is 4.90 Å². The van der Waals surface area contributed by atoms with Gasteiger partial charge in [-0.3, -0.25) is 14.4 Å². The average molecular weight is 379 g/mol. The van der Waals surface area contributed by atoms with E-state index in [-0.39, 0.29) is 30.3 Å². The molecule has 0 aromatic heterocycles. The van der Waals surface area contributed by atoms with Crippen LogP contribution in [0.25, 0.3) is 0 Å². The Kier molecular flexibility index (Phi) is 6.42. The zero-order chi connectivity index (χ0) is 19.9. The summed E-state index contributed by atoms with van der Waals surface area (Å²) in [6, 6.07) is 17.8. The van der Waals surface area contributed by atoms with Crippen LogP contribution in [0.1, 0.15) is 28.8 Å². The van der Waals surface area contributed by atoms with Gasteiger partial charge in [0.15, 0.2) is 0 Å².